The lowest BCUT2D eigenvalue weighted by molar-refractivity contribution is -0.120. The topological polar surface area (TPSA) is 29.6 Å². The highest BCUT2D eigenvalue weighted by Crippen LogP contribution is 2.28. The van der Waals surface area contributed by atoms with Gasteiger partial charge in [-0.3, -0.25) is 4.79 Å². The summed E-state index contributed by atoms with van der Waals surface area (Å²) in [6, 6.07) is 0. The first-order valence-corrected chi connectivity index (χ1v) is 6.97. The minimum Gasteiger partial charge on any atom is -0.361 e. The van der Waals surface area contributed by atoms with Gasteiger partial charge < -0.3 is 4.74 Å². The molecular formula is C14H26O2. The first-order valence-electron chi connectivity index (χ1n) is 6.97. The van der Waals surface area contributed by atoms with Crippen molar-refractivity contribution in [3.63, 3.8) is 0 Å². The highest BCUT2D eigenvalue weighted by Gasteiger charge is 2.42. The molecule has 0 saturated carbocycles. The van der Waals surface area contributed by atoms with Crippen LogP contribution in [-0.2, 0) is 9.53 Å². The Morgan fingerprint density at radius 1 is 1.00 bits per heavy atom. The lowest BCUT2D eigenvalue weighted by Crippen LogP contribution is -2.09. The zero-order chi connectivity index (χ0) is 11.8. The number of rotatable bonds is 10. The van der Waals surface area contributed by atoms with Crippen LogP contribution in [0.2, 0.25) is 0 Å². The van der Waals surface area contributed by atoms with E-state index in [4.69, 9.17) is 4.74 Å². The Hall–Kier alpha value is -0.370. The van der Waals surface area contributed by atoms with Crippen LogP contribution in [0.15, 0.2) is 0 Å². The fraction of sp³-hybridized carbons (Fsp3) is 0.929. The molecule has 2 atom stereocenters. The number of ether oxygens (including phenoxy) is 1. The predicted molar refractivity (Wildman–Crippen MR) is 66.6 cm³/mol. The molecule has 1 rings (SSSR count). The van der Waals surface area contributed by atoms with Crippen LogP contribution in [0.1, 0.15) is 71.6 Å². The molecule has 0 aromatic heterocycles. The molecule has 2 heteroatoms. The van der Waals surface area contributed by atoms with Crippen LogP contribution in [0.3, 0.4) is 0 Å². The molecule has 0 aromatic rings. The molecule has 0 bridgehead atoms. The van der Waals surface area contributed by atoms with E-state index in [1.165, 1.54) is 32.1 Å². The van der Waals surface area contributed by atoms with Crippen molar-refractivity contribution in [3.8, 4) is 0 Å². The van der Waals surface area contributed by atoms with E-state index in [2.05, 4.69) is 13.8 Å². The molecule has 0 radical (unpaired) electrons. The van der Waals surface area contributed by atoms with Gasteiger partial charge in [-0.2, -0.15) is 0 Å². The molecule has 16 heavy (non-hydrogen) atoms. The Balaban J connectivity index is 1.92. The first-order chi connectivity index (χ1) is 7.79. The van der Waals surface area contributed by atoms with Crippen LogP contribution in [0.25, 0.3) is 0 Å². The fourth-order valence-electron chi connectivity index (χ4n) is 2.15. The Morgan fingerprint density at radius 2 is 1.69 bits per heavy atom. The van der Waals surface area contributed by atoms with E-state index >= 15 is 0 Å². The number of epoxide rings is 1. The maximum absolute atomic E-state index is 11.7. The van der Waals surface area contributed by atoms with Gasteiger partial charge in [-0.05, 0) is 12.8 Å². The number of Topliss-reactive ketones (excluding diaryl/α,β-unsaturated/α-hetero) is 1. The molecular weight excluding hydrogens is 200 g/mol. The molecule has 1 fully saturated rings. The first kappa shape index (κ1) is 13.7. The summed E-state index contributed by atoms with van der Waals surface area (Å²) in [5.41, 5.74) is 0. The largest absolute Gasteiger partial charge is 0.361 e. The van der Waals surface area contributed by atoms with E-state index in [-0.39, 0.29) is 12.2 Å². The summed E-state index contributed by atoms with van der Waals surface area (Å²) in [6.07, 6.45) is 10.6. The molecule has 0 aromatic carbocycles. The Kier molecular flexibility index (Phi) is 6.70. The third kappa shape index (κ3) is 5.11. The molecule has 1 saturated heterocycles. The van der Waals surface area contributed by atoms with Crippen molar-refractivity contribution in [3.05, 3.63) is 0 Å². The van der Waals surface area contributed by atoms with E-state index in [0.717, 1.165) is 25.7 Å². The fourth-order valence-corrected chi connectivity index (χ4v) is 2.15. The summed E-state index contributed by atoms with van der Waals surface area (Å²) in [5, 5.41) is 0. The van der Waals surface area contributed by atoms with Crippen molar-refractivity contribution in [1.29, 1.82) is 0 Å². The average Bonchev–Trinajstić information content (AvgIpc) is 3.03. The summed E-state index contributed by atoms with van der Waals surface area (Å²) in [6.45, 7) is 4.36. The Morgan fingerprint density at radius 3 is 2.38 bits per heavy atom. The SMILES string of the molecule is CCCCCCCCC(=O)C1OC1CCC. The monoisotopic (exact) mass is 226 g/mol. The molecule has 1 heterocycles. The summed E-state index contributed by atoms with van der Waals surface area (Å²) in [5.74, 6) is 0.342. The highest BCUT2D eigenvalue weighted by molar-refractivity contribution is 5.85. The molecule has 94 valence electrons. The molecule has 0 spiro atoms. The minimum absolute atomic E-state index is 0.0319. The molecule has 2 unspecified atom stereocenters. The summed E-state index contributed by atoms with van der Waals surface area (Å²) < 4.78 is 5.37. The smallest absolute Gasteiger partial charge is 0.164 e. The predicted octanol–water partition coefficient (Wildman–Crippen LogP) is 3.87. The third-order valence-electron chi connectivity index (χ3n) is 3.25. The summed E-state index contributed by atoms with van der Waals surface area (Å²) in [7, 11) is 0. The second-order valence-electron chi connectivity index (χ2n) is 4.87. The minimum atomic E-state index is -0.0319. The second kappa shape index (κ2) is 7.83. The Bertz CT molecular complexity index is 201. The number of hydrogen-bond donors (Lipinski definition) is 0. The van der Waals surface area contributed by atoms with Gasteiger partial charge in [0.15, 0.2) is 5.78 Å². The van der Waals surface area contributed by atoms with Gasteiger partial charge in [-0.25, -0.2) is 0 Å². The lowest BCUT2D eigenvalue weighted by atomic mass is 10.0. The number of hydrogen-bond acceptors (Lipinski definition) is 2. The van der Waals surface area contributed by atoms with Crippen molar-refractivity contribution in [2.75, 3.05) is 0 Å². The van der Waals surface area contributed by atoms with Gasteiger partial charge in [0, 0.05) is 6.42 Å². The van der Waals surface area contributed by atoms with Crippen molar-refractivity contribution in [2.24, 2.45) is 0 Å². The normalized spacial score (nSPS) is 23.4. The van der Waals surface area contributed by atoms with E-state index in [1.807, 2.05) is 0 Å². The van der Waals surface area contributed by atoms with Crippen molar-refractivity contribution >= 4 is 5.78 Å². The second-order valence-corrected chi connectivity index (χ2v) is 4.87. The zero-order valence-corrected chi connectivity index (χ0v) is 10.8. The highest BCUT2D eigenvalue weighted by atomic mass is 16.6. The molecule has 0 aliphatic carbocycles. The van der Waals surface area contributed by atoms with Crippen LogP contribution >= 0.6 is 0 Å². The number of unbranched alkanes of at least 4 members (excludes halogenated alkanes) is 5. The summed E-state index contributed by atoms with van der Waals surface area (Å²) >= 11 is 0. The number of carbonyl (C=O) groups excluding carboxylic acids is 1. The Labute approximate surface area is 99.8 Å². The van der Waals surface area contributed by atoms with Crippen LogP contribution in [0.4, 0.5) is 0 Å². The van der Waals surface area contributed by atoms with Crippen LogP contribution in [0.5, 0.6) is 0 Å². The van der Waals surface area contributed by atoms with E-state index in [9.17, 15) is 4.79 Å². The molecule has 0 N–H and O–H groups in total. The van der Waals surface area contributed by atoms with Gasteiger partial charge in [0.25, 0.3) is 0 Å². The van der Waals surface area contributed by atoms with Crippen molar-refractivity contribution in [1.82, 2.24) is 0 Å². The van der Waals surface area contributed by atoms with Crippen LogP contribution in [0, 0.1) is 0 Å². The van der Waals surface area contributed by atoms with Crippen LogP contribution < -0.4 is 0 Å². The number of carbonyl (C=O) groups is 1. The van der Waals surface area contributed by atoms with Crippen molar-refractivity contribution in [2.45, 2.75) is 83.8 Å². The molecule has 1 aliphatic rings. The molecule has 1 aliphatic heterocycles. The summed E-state index contributed by atoms with van der Waals surface area (Å²) in [4.78, 5) is 11.7. The van der Waals surface area contributed by atoms with Crippen LogP contribution in [-0.4, -0.2) is 18.0 Å². The van der Waals surface area contributed by atoms with E-state index in [0.29, 0.717) is 5.78 Å². The van der Waals surface area contributed by atoms with E-state index < -0.39 is 0 Å². The lowest BCUT2D eigenvalue weighted by Gasteiger charge is -1.99. The maximum Gasteiger partial charge on any atom is 0.164 e. The standard InChI is InChI=1S/C14H26O2/c1-3-5-6-7-8-9-11-12(15)14-13(16-14)10-4-2/h13-14H,3-11H2,1-2H3. The zero-order valence-electron chi connectivity index (χ0n) is 10.8. The molecule has 0 amide bonds. The average molecular weight is 226 g/mol. The van der Waals surface area contributed by atoms with Gasteiger partial charge in [0.2, 0.25) is 0 Å². The van der Waals surface area contributed by atoms with Crippen molar-refractivity contribution < 1.29 is 9.53 Å². The molecule has 2 nitrogen and oxygen atoms in total. The maximum atomic E-state index is 11.7. The van der Waals surface area contributed by atoms with Gasteiger partial charge >= 0.3 is 0 Å². The number of ketones is 1. The quantitative estimate of drug-likeness (QED) is 0.418. The van der Waals surface area contributed by atoms with E-state index in [1.54, 1.807) is 0 Å². The van der Waals surface area contributed by atoms with Gasteiger partial charge in [0.1, 0.15) is 6.10 Å². The third-order valence-corrected chi connectivity index (χ3v) is 3.25. The van der Waals surface area contributed by atoms with Gasteiger partial charge in [-0.15, -0.1) is 0 Å². The van der Waals surface area contributed by atoms with Gasteiger partial charge in [0.05, 0.1) is 6.10 Å². The van der Waals surface area contributed by atoms with Gasteiger partial charge in [-0.1, -0.05) is 52.4 Å².